The Labute approximate surface area is 302 Å². The first-order valence-electron chi connectivity index (χ1n) is 15.8. The maximum absolute atomic E-state index is 14.6. The minimum Gasteiger partial charge on any atom is -0.497 e. The summed E-state index contributed by atoms with van der Waals surface area (Å²) < 4.78 is 34.8. The van der Waals surface area contributed by atoms with Gasteiger partial charge in [-0.25, -0.2) is 8.42 Å². The second-order valence-corrected chi connectivity index (χ2v) is 14.2. The Morgan fingerprint density at radius 3 is 2.26 bits per heavy atom. The highest BCUT2D eigenvalue weighted by atomic mass is 35.5. The van der Waals surface area contributed by atoms with Crippen LogP contribution < -0.4 is 14.4 Å². The van der Waals surface area contributed by atoms with Gasteiger partial charge >= 0.3 is 0 Å². The number of aryl methyl sites for hydroxylation is 1. The van der Waals surface area contributed by atoms with Gasteiger partial charge in [-0.1, -0.05) is 79.0 Å². The van der Waals surface area contributed by atoms with Crippen molar-refractivity contribution in [2.75, 3.05) is 24.5 Å². The largest absolute Gasteiger partial charge is 0.497 e. The highest BCUT2D eigenvalue weighted by Crippen LogP contribution is 2.30. The molecule has 0 saturated carbocycles. The molecule has 0 unspecified atom stereocenters. The topological polar surface area (TPSA) is 139 Å². The summed E-state index contributed by atoms with van der Waals surface area (Å²) in [5.74, 6) is -0.677. The number of hydrogen-bond donors (Lipinski definition) is 1. The number of amides is 2. The van der Waals surface area contributed by atoms with Gasteiger partial charge in [-0.05, 0) is 66.9 Å². The molecule has 0 radical (unpaired) electrons. The quantitative estimate of drug-likeness (QED) is 0.0744. The molecule has 50 heavy (non-hydrogen) atoms. The lowest BCUT2D eigenvalue weighted by Crippen LogP contribution is -2.53. The highest BCUT2D eigenvalue weighted by Gasteiger charge is 2.35. The molecule has 0 spiro atoms. The predicted octanol–water partition coefficient (Wildman–Crippen LogP) is 6.97. The fourth-order valence-corrected chi connectivity index (χ4v) is 7.00. The van der Waals surface area contributed by atoms with E-state index in [1.54, 1.807) is 18.2 Å². The number of carbonyl (C=O) groups excluding carboxylic acids is 2. The minimum atomic E-state index is -4.58. The van der Waals surface area contributed by atoms with Crippen LogP contribution in [0.15, 0.2) is 95.9 Å². The molecule has 0 bridgehead atoms. The van der Waals surface area contributed by atoms with E-state index in [2.05, 4.69) is 5.32 Å². The molecule has 14 heteroatoms. The van der Waals surface area contributed by atoms with Crippen molar-refractivity contribution in [3.05, 3.63) is 128 Å². The number of methoxy groups -OCH3 is 1. The van der Waals surface area contributed by atoms with E-state index < -0.39 is 39.3 Å². The Morgan fingerprint density at radius 1 is 0.940 bits per heavy atom. The van der Waals surface area contributed by atoms with Gasteiger partial charge in [0.1, 0.15) is 18.3 Å². The molecule has 0 aliphatic heterocycles. The van der Waals surface area contributed by atoms with Crippen LogP contribution in [0.25, 0.3) is 0 Å². The van der Waals surface area contributed by atoms with Crippen molar-refractivity contribution in [3.8, 4) is 5.75 Å². The summed E-state index contributed by atoms with van der Waals surface area (Å²) in [6.07, 6.45) is 1.68. The number of rotatable bonds is 16. The first-order valence-corrected chi connectivity index (χ1v) is 18.0. The second-order valence-electron chi connectivity index (χ2n) is 11.5. The van der Waals surface area contributed by atoms with Gasteiger partial charge in [0, 0.05) is 31.1 Å². The molecule has 0 aliphatic rings. The van der Waals surface area contributed by atoms with E-state index in [1.807, 2.05) is 37.3 Å². The molecule has 0 heterocycles. The maximum Gasteiger partial charge on any atom is 0.273 e. The van der Waals surface area contributed by atoms with Gasteiger partial charge in [0.2, 0.25) is 11.8 Å². The standard InChI is InChI=1S/C36H38Cl2N4O7S/c1-4-5-19-39-36(44)34(21-26-9-7-6-8-10-26)40(23-27-12-18-31(37)32(38)20-27)35(43)24-41(28-13-15-29(49-3)16-14-28)50(47,48)30-17-11-25(2)33(22-30)42(45)46/h6-18,20,22,34H,4-5,19,21,23-24H2,1-3H3,(H,39,44)/t34-/m1/s1. The van der Waals surface area contributed by atoms with Crippen molar-refractivity contribution in [2.24, 2.45) is 0 Å². The first-order chi connectivity index (χ1) is 23.8. The average Bonchev–Trinajstić information content (AvgIpc) is 3.10. The highest BCUT2D eigenvalue weighted by molar-refractivity contribution is 7.92. The third-order valence-electron chi connectivity index (χ3n) is 8.04. The van der Waals surface area contributed by atoms with Gasteiger partial charge in [0.05, 0.1) is 32.7 Å². The van der Waals surface area contributed by atoms with E-state index in [4.69, 9.17) is 27.9 Å². The SMILES string of the molecule is CCCCNC(=O)[C@@H](Cc1ccccc1)N(Cc1ccc(Cl)c(Cl)c1)C(=O)CN(c1ccc(OC)cc1)S(=O)(=O)c1ccc(C)c([N+](=O)[O-])c1. The number of nitrogens with one attached hydrogen (secondary N) is 1. The average molecular weight is 742 g/mol. The molecular weight excluding hydrogens is 703 g/mol. The minimum absolute atomic E-state index is 0.101. The summed E-state index contributed by atoms with van der Waals surface area (Å²) in [5, 5.41) is 15.2. The zero-order valence-electron chi connectivity index (χ0n) is 27.8. The third kappa shape index (κ3) is 9.52. The van der Waals surface area contributed by atoms with Crippen LogP contribution in [-0.4, -0.2) is 56.3 Å². The number of sulfonamides is 1. The summed E-state index contributed by atoms with van der Waals surface area (Å²) in [6, 6.07) is 22.5. The van der Waals surface area contributed by atoms with E-state index in [0.717, 1.165) is 28.8 Å². The number of anilines is 1. The normalized spacial score (nSPS) is 11.8. The van der Waals surface area contributed by atoms with Crippen LogP contribution in [0.5, 0.6) is 5.75 Å². The van der Waals surface area contributed by atoms with Crippen LogP contribution in [0.4, 0.5) is 11.4 Å². The van der Waals surface area contributed by atoms with Gasteiger partial charge in [-0.2, -0.15) is 0 Å². The van der Waals surface area contributed by atoms with Crippen molar-refractivity contribution in [2.45, 2.75) is 50.6 Å². The van der Waals surface area contributed by atoms with Crippen LogP contribution in [0.2, 0.25) is 10.0 Å². The Kier molecular flexibility index (Phi) is 13.2. The Hall–Kier alpha value is -4.65. The molecule has 0 aliphatic carbocycles. The summed E-state index contributed by atoms with van der Waals surface area (Å²) in [4.78, 5) is 40.6. The van der Waals surface area contributed by atoms with Crippen LogP contribution in [0.1, 0.15) is 36.5 Å². The molecule has 1 N–H and O–H groups in total. The Balaban J connectivity index is 1.84. The number of nitro benzene ring substituents is 1. The monoisotopic (exact) mass is 740 g/mol. The van der Waals surface area contributed by atoms with E-state index >= 15 is 0 Å². The van der Waals surface area contributed by atoms with Crippen molar-refractivity contribution in [3.63, 3.8) is 0 Å². The molecule has 11 nitrogen and oxygen atoms in total. The number of nitro groups is 1. The zero-order chi connectivity index (χ0) is 36.4. The number of hydrogen-bond acceptors (Lipinski definition) is 7. The molecule has 1 atom stereocenters. The van der Waals surface area contributed by atoms with Gasteiger partial charge in [0.25, 0.3) is 15.7 Å². The van der Waals surface area contributed by atoms with Gasteiger partial charge in [-0.3, -0.25) is 24.0 Å². The molecular formula is C36H38Cl2N4O7S. The zero-order valence-corrected chi connectivity index (χ0v) is 30.2. The van der Waals surface area contributed by atoms with E-state index in [9.17, 15) is 28.1 Å². The molecule has 264 valence electrons. The van der Waals surface area contributed by atoms with Crippen LogP contribution in [0.3, 0.4) is 0 Å². The van der Waals surface area contributed by atoms with Crippen LogP contribution >= 0.6 is 23.2 Å². The molecule has 0 saturated heterocycles. The van der Waals surface area contributed by atoms with Crippen molar-refractivity contribution >= 4 is 56.4 Å². The lowest BCUT2D eigenvalue weighted by molar-refractivity contribution is -0.385. The van der Waals surface area contributed by atoms with Gasteiger partial charge in [-0.15, -0.1) is 0 Å². The maximum atomic E-state index is 14.6. The van der Waals surface area contributed by atoms with E-state index in [0.29, 0.717) is 22.9 Å². The molecule has 4 rings (SSSR count). The van der Waals surface area contributed by atoms with Crippen molar-refractivity contribution in [1.82, 2.24) is 10.2 Å². The number of halogens is 2. The third-order valence-corrected chi connectivity index (χ3v) is 10.6. The summed E-state index contributed by atoms with van der Waals surface area (Å²) in [5.41, 5.74) is 1.32. The molecule has 4 aromatic carbocycles. The summed E-state index contributed by atoms with van der Waals surface area (Å²) in [6.45, 7) is 3.02. The fraction of sp³-hybridized carbons (Fsp3) is 0.278. The van der Waals surface area contributed by atoms with Crippen molar-refractivity contribution in [1.29, 1.82) is 0 Å². The first kappa shape index (κ1) is 38.2. The number of benzene rings is 4. The number of carbonyl (C=O) groups is 2. The summed E-state index contributed by atoms with van der Waals surface area (Å²) in [7, 11) is -3.13. The number of nitrogens with zero attached hydrogens (tertiary/aromatic N) is 3. The summed E-state index contributed by atoms with van der Waals surface area (Å²) >= 11 is 12.5. The van der Waals surface area contributed by atoms with Gasteiger partial charge < -0.3 is 15.0 Å². The van der Waals surface area contributed by atoms with E-state index in [1.165, 1.54) is 55.3 Å². The Morgan fingerprint density at radius 2 is 1.64 bits per heavy atom. The fourth-order valence-electron chi connectivity index (χ4n) is 5.25. The number of ether oxygens (including phenoxy) is 1. The van der Waals surface area contributed by atoms with Crippen LogP contribution in [-0.2, 0) is 32.6 Å². The lowest BCUT2D eigenvalue weighted by Gasteiger charge is -2.34. The van der Waals surface area contributed by atoms with E-state index in [-0.39, 0.29) is 39.8 Å². The number of unbranched alkanes of at least 4 members (excludes halogenated alkanes) is 1. The molecule has 4 aromatic rings. The smallest absolute Gasteiger partial charge is 0.273 e. The van der Waals surface area contributed by atoms with Crippen molar-refractivity contribution < 1.29 is 27.7 Å². The molecule has 0 aromatic heterocycles. The predicted molar refractivity (Wildman–Crippen MR) is 194 cm³/mol. The van der Waals surface area contributed by atoms with Gasteiger partial charge in [0.15, 0.2) is 0 Å². The second kappa shape index (κ2) is 17.3. The molecule has 0 fully saturated rings. The molecule has 2 amide bonds. The van der Waals surface area contributed by atoms with Crippen LogP contribution in [0, 0.1) is 17.0 Å². The lowest BCUT2D eigenvalue weighted by atomic mass is 10.0. The Bertz CT molecular complexity index is 1930.